The second-order valence-corrected chi connectivity index (χ2v) is 7.74. The summed E-state index contributed by atoms with van der Waals surface area (Å²) >= 11 is 1.72. The van der Waals surface area contributed by atoms with E-state index in [4.69, 9.17) is 0 Å². The number of nitrogens with zero attached hydrogens (tertiary/aromatic N) is 3. The van der Waals surface area contributed by atoms with Crippen molar-refractivity contribution in [3.05, 3.63) is 16.1 Å². The van der Waals surface area contributed by atoms with Crippen LogP contribution in [0.3, 0.4) is 0 Å². The Morgan fingerprint density at radius 2 is 2.08 bits per heavy atom. The number of aromatic nitrogens is 1. The van der Waals surface area contributed by atoms with E-state index >= 15 is 0 Å². The van der Waals surface area contributed by atoms with Gasteiger partial charge >= 0.3 is 0 Å². The van der Waals surface area contributed by atoms with Gasteiger partial charge in [-0.2, -0.15) is 0 Å². The number of carbonyl (C=O) groups is 1. The van der Waals surface area contributed by atoms with Crippen LogP contribution in [0.2, 0.25) is 0 Å². The second-order valence-electron chi connectivity index (χ2n) is 6.54. The summed E-state index contributed by atoms with van der Waals surface area (Å²) in [4.78, 5) is 24.3. The molecule has 2 N–H and O–H groups in total. The van der Waals surface area contributed by atoms with Gasteiger partial charge in [-0.1, -0.05) is 19.8 Å². The first-order chi connectivity index (χ1) is 11.5. The maximum absolute atomic E-state index is 12.6. The van der Waals surface area contributed by atoms with Crippen LogP contribution >= 0.6 is 11.3 Å². The van der Waals surface area contributed by atoms with E-state index in [2.05, 4.69) is 27.5 Å². The van der Waals surface area contributed by atoms with Gasteiger partial charge in [0.25, 0.3) is 0 Å². The summed E-state index contributed by atoms with van der Waals surface area (Å²) in [7, 11) is 5.43. The van der Waals surface area contributed by atoms with Crippen LogP contribution in [0.5, 0.6) is 0 Å². The predicted molar refractivity (Wildman–Crippen MR) is 99.3 cm³/mol. The summed E-state index contributed by atoms with van der Waals surface area (Å²) in [6.45, 7) is 3.41. The number of carbonyl (C=O) groups excluding carboxylic acids is 1. The molecule has 1 aliphatic carbocycles. The zero-order chi connectivity index (χ0) is 17.6. The van der Waals surface area contributed by atoms with Crippen molar-refractivity contribution in [3.8, 4) is 0 Å². The highest BCUT2D eigenvalue weighted by Crippen LogP contribution is 2.38. The first-order valence-electron chi connectivity index (χ1n) is 8.60. The third-order valence-corrected chi connectivity index (χ3v) is 5.74. The molecule has 7 heteroatoms. The van der Waals surface area contributed by atoms with Crippen LogP contribution in [0, 0.1) is 5.41 Å². The highest BCUT2D eigenvalue weighted by molar-refractivity contribution is 7.11. The molecule has 0 bridgehead atoms. The zero-order valence-electron chi connectivity index (χ0n) is 15.2. The molecular weight excluding hydrogens is 322 g/mol. The quantitative estimate of drug-likeness (QED) is 0.608. The van der Waals surface area contributed by atoms with E-state index in [0.29, 0.717) is 13.1 Å². The van der Waals surface area contributed by atoms with E-state index in [0.717, 1.165) is 43.1 Å². The van der Waals surface area contributed by atoms with Crippen LogP contribution in [0.4, 0.5) is 0 Å². The van der Waals surface area contributed by atoms with E-state index in [-0.39, 0.29) is 11.3 Å². The molecule has 0 saturated heterocycles. The first-order valence-corrected chi connectivity index (χ1v) is 9.42. The molecule has 1 aromatic rings. The van der Waals surface area contributed by atoms with Crippen LogP contribution < -0.4 is 10.6 Å². The third kappa shape index (κ3) is 4.47. The lowest BCUT2D eigenvalue weighted by Crippen LogP contribution is -2.49. The Hall–Kier alpha value is -1.63. The fraction of sp³-hybridized carbons (Fsp3) is 0.706. The summed E-state index contributed by atoms with van der Waals surface area (Å²) in [5, 5.41) is 7.69. The van der Waals surface area contributed by atoms with Gasteiger partial charge in [-0.3, -0.25) is 9.79 Å². The van der Waals surface area contributed by atoms with Gasteiger partial charge in [0.1, 0.15) is 5.01 Å². The van der Waals surface area contributed by atoms with Crippen molar-refractivity contribution in [2.45, 2.75) is 45.6 Å². The molecule has 1 saturated carbocycles. The number of aryl methyl sites for hydroxylation is 1. The highest BCUT2D eigenvalue weighted by atomic mass is 32.1. The predicted octanol–water partition coefficient (Wildman–Crippen LogP) is 2.02. The number of hydrogen-bond acceptors (Lipinski definition) is 4. The topological polar surface area (TPSA) is 69.6 Å². The lowest BCUT2D eigenvalue weighted by atomic mass is 9.84. The SMILES string of the molecule is CCc1cnc(CNC(=NC)NCC2(C(=O)N(C)C)CCCC2)s1. The fourth-order valence-corrected chi connectivity index (χ4v) is 4.02. The Labute approximate surface area is 148 Å². The summed E-state index contributed by atoms with van der Waals surface area (Å²) in [5.74, 6) is 0.941. The normalized spacial score (nSPS) is 16.9. The van der Waals surface area contributed by atoms with Crippen molar-refractivity contribution in [3.63, 3.8) is 0 Å². The van der Waals surface area contributed by atoms with Gasteiger partial charge in [-0.15, -0.1) is 11.3 Å². The molecule has 1 aromatic heterocycles. The van der Waals surface area contributed by atoms with Gasteiger partial charge in [0.15, 0.2) is 5.96 Å². The van der Waals surface area contributed by atoms with E-state index in [1.54, 1.807) is 23.3 Å². The summed E-state index contributed by atoms with van der Waals surface area (Å²) in [6.07, 6.45) is 7.07. The minimum absolute atomic E-state index is 0.218. The van der Waals surface area contributed by atoms with Crippen molar-refractivity contribution in [1.82, 2.24) is 20.5 Å². The molecule has 1 amide bonds. The lowest BCUT2D eigenvalue weighted by molar-refractivity contribution is -0.138. The van der Waals surface area contributed by atoms with E-state index in [1.165, 1.54) is 4.88 Å². The standard InChI is InChI=1S/C17H29N5OS/c1-5-13-10-19-14(24-13)11-20-16(18-2)21-12-17(8-6-7-9-17)15(23)22(3)4/h10H,5-9,11-12H2,1-4H3,(H2,18,20,21). The Morgan fingerprint density at radius 3 is 2.62 bits per heavy atom. The van der Waals surface area contributed by atoms with Gasteiger partial charge < -0.3 is 15.5 Å². The van der Waals surface area contributed by atoms with E-state index in [1.807, 2.05) is 20.3 Å². The van der Waals surface area contributed by atoms with Gasteiger partial charge in [0.2, 0.25) is 5.91 Å². The van der Waals surface area contributed by atoms with E-state index < -0.39 is 0 Å². The maximum Gasteiger partial charge on any atom is 0.230 e. The van der Waals surface area contributed by atoms with Crippen molar-refractivity contribution in [1.29, 1.82) is 0 Å². The molecule has 134 valence electrons. The monoisotopic (exact) mass is 351 g/mol. The number of thiazole rings is 1. The largest absolute Gasteiger partial charge is 0.355 e. The molecule has 0 spiro atoms. The molecule has 2 rings (SSSR count). The lowest BCUT2D eigenvalue weighted by Gasteiger charge is -2.31. The van der Waals surface area contributed by atoms with Gasteiger partial charge in [-0.05, 0) is 19.3 Å². The zero-order valence-corrected chi connectivity index (χ0v) is 16.0. The number of guanidine groups is 1. The van der Waals surface area contributed by atoms with Crippen molar-refractivity contribution in [2.24, 2.45) is 10.4 Å². The molecule has 1 fully saturated rings. The minimum atomic E-state index is -0.294. The van der Waals surface area contributed by atoms with Crippen LogP contribution in [0.1, 0.15) is 42.5 Å². The first kappa shape index (κ1) is 18.7. The van der Waals surface area contributed by atoms with E-state index in [9.17, 15) is 4.79 Å². The van der Waals surface area contributed by atoms with Crippen LogP contribution in [-0.2, 0) is 17.8 Å². The summed E-state index contributed by atoms with van der Waals surface area (Å²) in [5.41, 5.74) is -0.294. The van der Waals surface area contributed by atoms with Crippen LogP contribution in [-0.4, -0.2) is 49.4 Å². The maximum atomic E-state index is 12.6. The Morgan fingerprint density at radius 1 is 1.38 bits per heavy atom. The number of rotatable bonds is 6. The molecule has 0 atom stereocenters. The molecule has 0 unspecified atom stereocenters. The molecule has 0 aliphatic heterocycles. The summed E-state index contributed by atoms with van der Waals surface area (Å²) < 4.78 is 0. The number of amides is 1. The number of hydrogen-bond donors (Lipinski definition) is 2. The smallest absolute Gasteiger partial charge is 0.230 e. The van der Waals surface area contributed by atoms with Gasteiger partial charge in [0.05, 0.1) is 12.0 Å². The number of nitrogens with one attached hydrogen (secondary N) is 2. The van der Waals surface area contributed by atoms with Gasteiger partial charge in [0, 0.05) is 38.8 Å². The average Bonchev–Trinajstić information content (AvgIpc) is 3.24. The summed E-state index contributed by atoms with van der Waals surface area (Å²) in [6, 6.07) is 0. The van der Waals surface area contributed by atoms with Crippen molar-refractivity contribution in [2.75, 3.05) is 27.7 Å². The Bertz CT molecular complexity index is 575. The molecule has 0 radical (unpaired) electrons. The van der Waals surface area contributed by atoms with Crippen LogP contribution in [0.25, 0.3) is 0 Å². The highest BCUT2D eigenvalue weighted by Gasteiger charge is 2.42. The fourth-order valence-electron chi connectivity index (χ4n) is 3.22. The molecule has 1 heterocycles. The van der Waals surface area contributed by atoms with Crippen LogP contribution in [0.15, 0.2) is 11.2 Å². The molecule has 6 nitrogen and oxygen atoms in total. The van der Waals surface area contributed by atoms with Gasteiger partial charge in [-0.25, -0.2) is 4.98 Å². The third-order valence-electron chi connectivity index (χ3n) is 4.60. The van der Waals surface area contributed by atoms with Crippen molar-refractivity contribution >= 4 is 23.2 Å². The Kier molecular flexibility index (Phi) is 6.60. The molecule has 24 heavy (non-hydrogen) atoms. The molecule has 1 aliphatic rings. The average molecular weight is 352 g/mol. The molecular formula is C17H29N5OS. The molecule has 0 aromatic carbocycles. The second kappa shape index (κ2) is 8.46. The number of aliphatic imine (C=N–C) groups is 1. The Balaban J connectivity index is 1.91. The minimum Gasteiger partial charge on any atom is -0.355 e. The van der Waals surface area contributed by atoms with Crippen molar-refractivity contribution < 1.29 is 4.79 Å².